The highest BCUT2D eigenvalue weighted by molar-refractivity contribution is 5.44. The minimum atomic E-state index is 0.981. The van der Waals surface area contributed by atoms with Crippen molar-refractivity contribution in [1.29, 1.82) is 0 Å². The Morgan fingerprint density at radius 2 is 1.79 bits per heavy atom. The van der Waals surface area contributed by atoms with Gasteiger partial charge in [-0.15, -0.1) is 6.58 Å². The van der Waals surface area contributed by atoms with E-state index in [9.17, 15) is 0 Å². The Kier molecular flexibility index (Phi) is 4.21. The van der Waals surface area contributed by atoms with E-state index in [4.69, 9.17) is 0 Å². The predicted molar refractivity (Wildman–Crippen MR) is 83.5 cm³/mol. The Morgan fingerprint density at radius 3 is 2.53 bits per heavy atom. The normalized spacial score (nSPS) is 10.5. The van der Waals surface area contributed by atoms with Crippen molar-refractivity contribution in [1.82, 2.24) is 0 Å². The van der Waals surface area contributed by atoms with Crippen molar-refractivity contribution < 1.29 is 0 Å². The highest BCUT2D eigenvalue weighted by atomic mass is 14.1. The molecule has 0 unspecified atom stereocenters. The van der Waals surface area contributed by atoms with Crippen molar-refractivity contribution in [2.45, 2.75) is 27.2 Å². The van der Waals surface area contributed by atoms with Gasteiger partial charge < -0.3 is 0 Å². The van der Waals surface area contributed by atoms with E-state index in [1.807, 2.05) is 6.08 Å². The zero-order valence-corrected chi connectivity index (χ0v) is 12.0. The molecule has 2 aromatic carbocycles. The largest absolute Gasteiger partial charge is 0.102 e. The van der Waals surface area contributed by atoms with Gasteiger partial charge in [0.2, 0.25) is 0 Å². The van der Waals surface area contributed by atoms with Crippen LogP contribution in [-0.4, -0.2) is 0 Å². The molecule has 0 saturated heterocycles. The predicted octanol–water partition coefficient (Wildman–Crippen LogP) is 4.94. The zero-order valence-electron chi connectivity index (χ0n) is 12.0. The summed E-state index contributed by atoms with van der Waals surface area (Å²) in [5, 5.41) is 0. The number of benzene rings is 2. The molecular formula is C19H21. The van der Waals surface area contributed by atoms with Gasteiger partial charge in [-0.1, -0.05) is 48.0 Å². The molecule has 0 N–H and O–H groups in total. The second-order valence-corrected chi connectivity index (χ2v) is 5.14. The van der Waals surface area contributed by atoms with Crippen molar-refractivity contribution in [2.24, 2.45) is 0 Å². The van der Waals surface area contributed by atoms with E-state index in [-0.39, 0.29) is 0 Å². The summed E-state index contributed by atoms with van der Waals surface area (Å²) in [4.78, 5) is 0. The van der Waals surface area contributed by atoms with Gasteiger partial charge in [0.15, 0.2) is 0 Å². The fourth-order valence-electron chi connectivity index (χ4n) is 2.39. The van der Waals surface area contributed by atoms with Gasteiger partial charge in [0, 0.05) is 6.42 Å². The monoisotopic (exact) mass is 249 g/mol. The molecule has 97 valence electrons. The van der Waals surface area contributed by atoms with Gasteiger partial charge in [0.1, 0.15) is 0 Å². The highest BCUT2D eigenvalue weighted by Crippen LogP contribution is 2.21. The van der Waals surface area contributed by atoms with E-state index in [1.54, 1.807) is 0 Å². The van der Waals surface area contributed by atoms with E-state index < -0.39 is 0 Å². The van der Waals surface area contributed by atoms with Crippen molar-refractivity contribution in [3.05, 3.63) is 88.9 Å². The lowest BCUT2D eigenvalue weighted by molar-refractivity contribution is 1.11. The molecule has 0 nitrogen and oxygen atoms in total. The molecule has 0 aliphatic rings. The second-order valence-electron chi connectivity index (χ2n) is 5.14. The molecule has 0 fully saturated rings. The molecule has 0 atom stereocenters. The number of allylic oxidation sites excluding steroid dienone is 1. The average molecular weight is 249 g/mol. The summed E-state index contributed by atoms with van der Waals surface area (Å²) < 4.78 is 0. The van der Waals surface area contributed by atoms with Crippen LogP contribution in [0.15, 0.2) is 49.1 Å². The molecule has 0 heterocycles. The van der Waals surface area contributed by atoms with Gasteiger partial charge in [0.25, 0.3) is 0 Å². The second kappa shape index (κ2) is 5.88. The van der Waals surface area contributed by atoms with Gasteiger partial charge in [-0.05, 0) is 55.0 Å². The van der Waals surface area contributed by atoms with E-state index in [2.05, 4.69) is 70.2 Å². The first-order chi connectivity index (χ1) is 9.11. The van der Waals surface area contributed by atoms with Crippen LogP contribution >= 0.6 is 0 Å². The van der Waals surface area contributed by atoms with Crippen LogP contribution < -0.4 is 0 Å². The third-order valence-corrected chi connectivity index (χ3v) is 3.69. The summed E-state index contributed by atoms with van der Waals surface area (Å²) in [7, 11) is 0. The first-order valence-electron chi connectivity index (χ1n) is 6.72. The Bertz CT molecular complexity index is 591. The minimum absolute atomic E-state index is 0.981. The van der Waals surface area contributed by atoms with Crippen molar-refractivity contribution >= 4 is 0 Å². The molecule has 0 aliphatic heterocycles. The van der Waals surface area contributed by atoms with Crippen LogP contribution in [0.3, 0.4) is 0 Å². The lowest BCUT2D eigenvalue weighted by atomic mass is 9.93. The van der Waals surface area contributed by atoms with Gasteiger partial charge >= 0.3 is 0 Å². The molecule has 0 aromatic heterocycles. The van der Waals surface area contributed by atoms with Crippen LogP contribution in [0.1, 0.15) is 33.4 Å². The third-order valence-electron chi connectivity index (χ3n) is 3.69. The number of hydrogen-bond donors (Lipinski definition) is 0. The standard InChI is InChI=1S/C19H21/c1-5-7-17-11-10-14(2)12-19(17)13-18-9-6-8-15(3)16(18)4/h5-12H,1,13H2,2-4H3. The third kappa shape index (κ3) is 3.14. The van der Waals surface area contributed by atoms with E-state index in [1.165, 1.54) is 33.4 Å². The maximum Gasteiger partial charge on any atom is 0.0122 e. The van der Waals surface area contributed by atoms with Crippen molar-refractivity contribution in [3.8, 4) is 0 Å². The molecule has 2 aromatic rings. The maximum atomic E-state index is 3.80. The Balaban J connectivity index is 2.39. The summed E-state index contributed by atoms with van der Waals surface area (Å²) in [6.45, 7) is 10.3. The van der Waals surface area contributed by atoms with E-state index in [0.717, 1.165) is 6.42 Å². The summed E-state index contributed by atoms with van der Waals surface area (Å²) >= 11 is 0. The highest BCUT2D eigenvalue weighted by Gasteiger charge is 2.06. The topological polar surface area (TPSA) is 0 Å². The fraction of sp³-hybridized carbons (Fsp3) is 0.211. The summed E-state index contributed by atoms with van der Waals surface area (Å²) in [5.74, 6) is 0. The number of aryl methyl sites for hydroxylation is 2. The van der Waals surface area contributed by atoms with E-state index >= 15 is 0 Å². The van der Waals surface area contributed by atoms with E-state index in [0.29, 0.717) is 0 Å². The molecule has 0 aliphatic carbocycles. The Morgan fingerprint density at radius 1 is 1.00 bits per heavy atom. The van der Waals surface area contributed by atoms with Gasteiger partial charge in [-0.2, -0.15) is 0 Å². The first-order valence-corrected chi connectivity index (χ1v) is 6.72. The Hall–Kier alpha value is -1.82. The SMILES string of the molecule is C=C[CH]c1ccc(C)cc1Cc1cccc(C)c1C. The van der Waals surface area contributed by atoms with Crippen LogP contribution in [0.25, 0.3) is 0 Å². The quantitative estimate of drug-likeness (QED) is 0.720. The molecular weight excluding hydrogens is 228 g/mol. The number of hydrogen-bond acceptors (Lipinski definition) is 0. The minimum Gasteiger partial charge on any atom is -0.102 e. The van der Waals surface area contributed by atoms with Crippen molar-refractivity contribution in [2.75, 3.05) is 0 Å². The first kappa shape index (κ1) is 13.6. The van der Waals surface area contributed by atoms with Gasteiger partial charge in [-0.25, -0.2) is 0 Å². The average Bonchev–Trinajstić information content (AvgIpc) is 2.38. The molecule has 0 amide bonds. The van der Waals surface area contributed by atoms with Crippen LogP contribution in [-0.2, 0) is 6.42 Å². The summed E-state index contributed by atoms with van der Waals surface area (Å²) in [6, 6.07) is 13.1. The molecule has 2 rings (SSSR count). The molecule has 0 bridgehead atoms. The van der Waals surface area contributed by atoms with Gasteiger partial charge in [-0.3, -0.25) is 0 Å². The fourth-order valence-corrected chi connectivity index (χ4v) is 2.39. The number of rotatable bonds is 4. The molecule has 19 heavy (non-hydrogen) atoms. The lowest BCUT2D eigenvalue weighted by Crippen LogP contribution is -1.98. The van der Waals surface area contributed by atoms with Crippen LogP contribution in [0, 0.1) is 27.2 Å². The zero-order chi connectivity index (χ0) is 13.8. The molecule has 0 saturated carbocycles. The molecule has 0 heteroatoms. The summed E-state index contributed by atoms with van der Waals surface area (Å²) in [5.41, 5.74) is 8.11. The van der Waals surface area contributed by atoms with Crippen LogP contribution in [0.4, 0.5) is 0 Å². The molecule has 0 spiro atoms. The summed E-state index contributed by atoms with van der Waals surface area (Å²) in [6.07, 6.45) is 4.92. The smallest absolute Gasteiger partial charge is 0.0122 e. The molecule has 1 radical (unpaired) electrons. The lowest BCUT2D eigenvalue weighted by Gasteiger charge is -2.12. The maximum absolute atomic E-state index is 3.80. The van der Waals surface area contributed by atoms with Crippen LogP contribution in [0.5, 0.6) is 0 Å². The Labute approximate surface area is 116 Å². The van der Waals surface area contributed by atoms with Gasteiger partial charge in [0.05, 0.1) is 0 Å². The van der Waals surface area contributed by atoms with Crippen LogP contribution in [0.2, 0.25) is 0 Å². The van der Waals surface area contributed by atoms with Crippen molar-refractivity contribution in [3.63, 3.8) is 0 Å².